The summed E-state index contributed by atoms with van der Waals surface area (Å²) in [7, 11) is -3.98. The van der Waals surface area contributed by atoms with E-state index in [9.17, 15) is 19.3 Å². The molecule has 0 aliphatic heterocycles. The average Bonchev–Trinajstić information content (AvgIpc) is 3.20. The Kier molecular flexibility index (Phi) is 10.5. The second-order valence-corrected chi connectivity index (χ2v) is 11.9. The van der Waals surface area contributed by atoms with Crippen molar-refractivity contribution in [2.45, 2.75) is 71.2 Å². The molecule has 11 nitrogen and oxygen atoms in total. The van der Waals surface area contributed by atoms with E-state index in [1.54, 1.807) is 39.0 Å². The molecule has 1 aromatic carbocycles. The van der Waals surface area contributed by atoms with Crippen LogP contribution in [0.5, 0.6) is 0 Å². The van der Waals surface area contributed by atoms with E-state index in [-0.39, 0.29) is 48.3 Å². The number of nitrogens with zero attached hydrogens (tertiary/aromatic N) is 2. The Bertz CT molecular complexity index is 1210. The number of aliphatic hydroxyl groups is 1. The van der Waals surface area contributed by atoms with Gasteiger partial charge in [0.15, 0.2) is 5.79 Å². The molecular weight excluding hydrogens is 539 g/mol. The Labute approximate surface area is 226 Å². The normalized spacial score (nSPS) is 21.1. The number of esters is 1. The standard InChI is InChI=1S/C25H36ClN2O9P/c1-6-33-23(30)24(38(32,35-7-2)36-8-3)34-14-16-12-19(20(13-16)37-25(4,5)31)28-15-27-18-11-9-10-17(26)21(18)22(28)29/h9-11,15-16,19-20,24,31H,6-8,12-14H2,1-5H3. The number of fused-ring (bicyclic) bond motifs is 1. The van der Waals surface area contributed by atoms with Gasteiger partial charge in [-0.05, 0) is 65.5 Å². The molecule has 1 aliphatic rings. The number of hydrogen-bond acceptors (Lipinski definition) is 10. The number of benzene rings is 1. The van der Waals surface area contributed by atoms with Gasteiger partial charge in [0.25, 0.3) is 11.4 Å². The van der Waals surface area contributed by atoms with Gasteiger partial charge in [0.1, 0.15) is 0 Å². The number of aromatic nitrogens is 2. The quantitative estimate of drug-likeness (QED) is 0.210. The molecule has 1 aliphatic carbocycles. The van der Waals surface area contributed by atoms with Crippen LogP contribution in [0.2, 0.25) is 5.02 Å². The van der Waals surface area contributed by atoms with Gasteiger partial charge in [0, 0.05) is 0 Å². The second-order valence-electron chi connectivity index (χ2n) is 9.41. The van der Waals surface area contributed by atoms with Crippen molar-refractivity contribution in [3.05, 3.63) is 39.9 Å². The zero-order chi connectivity index (χ0) is 28.1. The van der Waals surface area contributed by atoms with Gasteiger partial charge in [-0.3, -0.25) is 13.9 Å². The highest BCUT2D eigenvalue weighted by Crippen LogP contribution is 2.54. The summed E-state index contributed by atoms with van der Waals surface area (Å²) in [5.41, 5.74) is 0.134. The first kappa shape index (κ1) is 30.7. The van der Waals surface area contributed by atoms with E-state index in [1.165, 1.54) is 24.7 Å². The first-order valence-electron chi connectivity index (χ1n) is 12.7. The largest absolute Gasteiger partial charge is 0.464 e. The van der Waals surface area contributed by atoms with Crippen molar-refractivity contribution in [3.8, 4) is 0 Å². The maximum Gasteiger partial charge on any atom is 0.370 e. The van der Waals surface area contributed by atoms with Gasteiger partial charge in [-0.15, -0.1) is 0 Å². The van der Waals surface area contributed by atoms with Crippen molar-refractivity contribution in [1.82, 2.24) is 9.55 Å². The van der Waals surface area contributed by atoms with Gasteiger partial charge >= 0.3 is 13.6 Å². The molecule has 0 saturated heterocycles. The highest BCUT2D eigenvalue weighted by Gasteiger charge is 2.46. The molecule has 0 bridgehead atoms. The maximum absolute atomic E-state index is 13.4. The third kappa shape index (κ3) is 7.21. The highest BCUT2D eigenvalue weighted by atomic mass is 35.5. The summed E-state index contributed by atoms with van der Waals surface area (Å²) in [6, 6.07) is 4.53. The van der Waals surface area contributed by atoms with Gasteiger partial charge < -0.3 is 28.4 Å². The number of carbonyl (C=O) groups excluding carboxylic acids is 1. The molecule has 1 N–H and O–H groups in total. The SMILES string of the molecule is CCOC(=O)C(OCC1CC(OC(C)(C)O)C(n2cnc3cccc(Cl)c3c2=O)C1)P(=O)(OCC)OCC. The third-order valence-electron chi connectivity index (χ3n) is 6.01. The molecule has 38 heavy (non-hydrogen) atoms. The average molecular weight is 575 g/mol. The number of rotatable bonds is 13. The van der Waals surface area contributed by atoms with Crippen LogP contribution >= 0.6 is 19.2 Å². The monoisotopic (exact) mass is 574 g/mol. The Hall–Kier alpha value is -1.85. The van der Waals surface area contributed by atoms with Crippen LogP contribution < -0.4 is 5.56 Å². The number of hydrogen-bond donors (Lipinski definition) is 1. The van der Waals surface area contributed by atoms with Crippen LogP contribution in [0.25, 0.3) is 10.9 Å². The second kappa shape index (κ2) is 13.0. The van der Waals surface area contributed by atoms with Crippen molar-refractivity contribution in [3.63, 3.8) is 0 Å². The van der Waals surface area contributed by atoms with Crippen LogP contribution in [0.4, 0.5) is 0 Å². The lowest BCUT2D eigenvalue weighted by Gasteiger charge is -2.28. The third-order valence-corrected chi connectivity index (χ3v) is 8.50. The molecule has 13 heteroatoms. The van der Waals surface area contributed by atoms with Gasteiger partial charge in [-0.25, -0.2) is 9.78 Å². The lowest BCUT2D eigenvalue weighted by molar-refractivity contribution is -0.211. The predicted molar refractivity (Wildman–Crippen MR) is 141 cm³/mol. The van der Waals surface area contributed by atoms with Gasteiger partial charge in [0.2, 0.25) is 0 Å². The molecule has 4 atom stereocenters. The van der Waals surface area contributed by atoms with E-state index < -0.39 is 37.3 Å². The number of halogens is 1. The molecule has 0 amide bonds. The first-order chi connectivity index (χ1) is 17.9. The highest BCUT2D eigenvalue weighted by molar-refractivity contribution is 7.55. The lowest BCUT2D eigenvalue weighted by atomic mass is 10.1. The van der Waals surface area contributed by atoms with E-state index in [0.717, 1.165) is 0 Å². The van der Waals surface area contributed by atoms with Crippen LogP contribution in [0, 0.1) is 5.92 Å². The fraction of sp³-hybridized carbons (Fsp3) is 0.640. The first-order valence-corrected chi connectivity index (χ1v) is 14.7. The van der Waals surface area contributed by atoms with Crippen LogP contribution in [0.1, 0.15) is 53.5 Å². The predicted octanol–water partition coefficient (Wildman–Crippen LogP) is 4.29. The summed E-state index contributed by atoms with van der Waals surface area (Å²) in [5, 5.41) is 11.0. The van der Waals surface area contributed by atoms with Crippen LogP contribution in [0.15, 0.2) is 29.3 Å². The molecule has 2 aromatic rings. The molecular formula is C25H36ClN2O9P. The van der Waals surface area contributed by atoms with Gasteiger partial charge in [0.05, 0.1) is 60.8 Å². The number of carbonyl (C=O) groups is 1. The molecule has 212 valence electrons. The number of ether oxygens (including phenoxy) is 3. The molecule has 0 spiro atoms. The summed E-state index contributed by atoms with van der Waals surface area (Å²) < 4.78 is 42.4. The van der Waals surface area contributed by atoms with Crippen molar-refractivity contribution < 1.29 is 37.7 Å². The minimum Gasteiger partial charge on any atom is -0.464 e. The summed E-state index contributed by atoms with van der Waals surface area (Å²) in [6.07, 6.45) is 1.62. The van der Waals surface area contributed by atoms with Gasteiger partial charge in [-0.1, -0.05) is 17.7 Å². The zero-order valence-corrected chi connectivity index (χ0v) is 23.9. The molecule has 1 fully saturated rings. The fourth-order valence-electron chi connectivity index (χ4n) is 4.64. The smallest absolute Gasteiger partial charge is 0.370 e. The summed E-state index contributed by atoms with van der Waals surface area (Å²) in [4.78, 5) is 30.5. The van der Waals surface area contributed by atoms with Crippen LogP contribution in [0.3, 0.4) is 0 Å². The molecule has 4 unspecified atom stereocenters. The van der Waals surface area contributed by atoms with E-state index in [4.69, 9.17) is 34.9 Å². The van der Waals surface area contributed by atoms with E-state index in [2.05, 4.69) is 4.98 Å². The van der Waals surface area contributed by atoms with Crippen molar-refractivity contribution in [2.24, 2.45) is 5.92 Å². The van der Waals surface area contributed by atoms with Crippen LogP contribution in [-0.2, 0) is 32.6 Å². The Morgan fingerprint density at radius 3 is 2.50 bits per heavy atom. The van der Waals surface area contributed by atoms with E-state index in [0.29, 0.717) is 18.4 Å². The minimum absolute atomic E-state index is 0.0215. The van der Waals surface area contributed by atoms with Gasteiger partial charge in [-0.2, -0.15) is 0 Å². The van der Waals surface area contributed by atoms with E-state index >= 15 is 0 Å². The summed E-state index contributed by atoms with van der Waals surface area (Å²) in [6.45, 7) is 8.03. The zero-order valence-electron chi connectivity index (χ0n) is 22.3. The fourth-order valence-corrected chi connectivity index (χ4v) is 6.55. The Balaban J connectivity index is 1.89. The molecule has 0 radical (unpaired) electrons. The summed E-state index contributed by atoms with van der Waals surface area (Å²) >= 11 is 6.31. The Morgan fingerprint density at radius 1 is 1.21 bits per heavy atom. The molecule has 1 saturated carbocycles. The van der Waals surface area contributed by atoms with Crippen molar-refractivity contribution in [1.29, 1.82) is 0 Å². The van der Waals surface area contributed by atoms with Crippen molar-refractivity contribution in [2.75, 3.05) is 26.4 Å². The lowest BCUT2D eigenvalue weighted by Crippen LogP contribution is -2.36. The van der Waals surface area contributed by atoms with E-state index in [1.807, 2.05) is 0 Å². The molecule has 1 heterocycles. The summed E-state index contributed by atoms with van der Waals surface area (Å²) in [5.74, 6) is -4.13. The minimum atomic E-state index is -3.98. The maximum atomic E-state index is 13.4. The molecule has 1 aromatic heterocycles. The van der Waals surface area contributed by atoms with Crippen LogP contribution in [-0.4, -0.2) is 64.8 Å². The Morgan fingerprint density at radius 2 is 1.89 bits per heavy atom. The molecule has 3 rings (SSSR count). The topological polar surface area (TPSA) is 135 Å². The van der Waals surface area contributed by atoms with Crippen molar-refractivity contribution >= 4 is 36.1 Å².